The van der Waals surface area contributed by atoms with Crippen LogP contribution in [-0.2, 0) is 14.9 Å². The average molecular weight is 371 g/mol. The molecule has 1 aromatic rings. The van der Waals surface area contributed by atoms with Crippen LogP contribution in [0.4, 0.5) is 0 Å². The molecule has 6 nitrogen and oxygen atoms in total. The number of carbonyl (C=O) groups is 1. The molecule has 0 saturated heterocycles. The highest BCUT2D eigenvalue weighted by Crippen LogP contribution is 2.20. The molecule has 0 aliphatic carbocycles. The molecule has 0 radical (unpaired) electrons. The average Bonchev–Trinajstić information content (AvgIpc) is 2.27. The van der Waals surface area contributed by atoms with Crippen LogP contribution < -0.4 is 0 Å². The topological polar surface area (TPSA) is 83.9 Å². The van der Waals surface area contributed by atoms with Crippen molar-refractivity contribution in [2.24, 2.45) is 0 Å². The second-order valence-corrected chi connectivity index (χ2v) is 6.14. The van der Waals surface area contributed by atoms with E-state index in [4.69, 9.17) is 5.11 Å². The van der Waals surface area contributed by atoms with E-state index in [1.165, 1.54) is 26.3 Å². The van der Waals surface area contributed by atoms with Gasteiger partial charge in [0, 0.05) is 10.6 Å². The summed E-state index contributed by atoms with van der Waals surface area (Å²) in [4.78, 5) is 15.4. The molecule has 0 bridgehead atoms. The minimum atomic E-state index is -3.82. The highest BCUT2D eigenvalue weighted by atomic mass is 127. The molecule has 1 N–H and O–H groups in total. The van der Waals surface area contributed by atoms with Gasteiger partial charge in [0.05, 0.1) is 17.6 Å². The summed E-state index contributed by atoms with van der Waals surface area (Å²) >= 11 is 1.83. The van der Waals surface area contributed by atoms with E-state index >= 15 is 0 Å². The first kappa shape index (κ1) is 14.4. The van der Waals surface area contributed by atoms with E-state index in [9.17, 15) is 13.2 Å². The fourth-order valence-corrected chi connectivity index (χ4v) is 2.64. The van der Waals surface area contributed by atoms with Gasteiger partial charge in [-0.05, 0) is 40.8 Å². The first-order valence-electron chi connectivity index (χ1n) is 4.36. The number of halogens is 1. The molecule has 8 heteroatoms. The summed E-state index contributed by atoms with van der Waals surface area (Å²) in [6.45, 7) is 0. The second-order valence-electron chi connectivity index (χ2n) is 3.04. The largest absolute Gasteiger partial charge is 0.478 e. The van der Waals surface area contributed by atoms with Gasteiger partial charge in [0.25, 0.3) is 10.0 Å². The van der Waals surface area contributed by atoms with Crippen LogP contribution in [-0.4, -0.2) is 38.1 Å². The summed E-state index contributed by atoms with van der Waals surface area (Å²) < 4.78 is 24.8. The number of hydrogen-bond acceptors (Lipinski definition) is 4. The Morgan fingerprint density at radius 2 is 2.06 bits per heavy atom. The molecule has 0 aromatic heterocycles. The van der Waals surface area contributed by atoms with Crippen molar-refractivity contribution in [1.29, 1.82) is 0 Å². The molecule has 17 heavy (non-hydrogen) atoms. The third-order valence-corrected chi connectivity index (χ3v) is 4.68. The van der Waals surface area contributed by atoms with Gasteiger partial charge < -0.3 is 5.11 Å². The molecule has 94 valence electrons. The second kappa shape index (κ2) is 5.29. The molecule has 1 aromatic carbocycles. The first-order chi connectivity index (χ1) is 7.80. The van der Waals surface area contributed by atoms with E-state index in [-0.39, 0.29) is 10.5 Å². The molecule has 0 unspecified atom stereocenters. The molecule has 1 rings (SSSR count). The van der Waals surface area contributed by atoms with Crippen LogP contribution in [0.3, 0.4) is 0 Å². The number of carboxylic acid groups (broad SMARTS) is 1. The van der Waals surface area contributed by atoms with Crippen molar-refractivity contribution in [1.82, 2.24) is 4.47 Å². The molecule has 0 amide bonds. The standard InChI is InChI=1S/C9H10INO5S/c1-11(16-2)17(14,15)6-3-4-8(10)7(5-6)9(12)13/h3-5H,1-2H3,(H,12,13). The van der Waals surface area contributed by atoms with Gasteiger partial charge in [0.1, 0.15) is 0 Å². The molecule has 0 spiro atoms. The van der Waals surface area contributed by atoms with Gasteiger partial charge in [0.15, 0.2) is 0 Å². The summed E-state index contributed by atoms with van der Waals surface area (Å²) in [5.74, 6) is -1.17. The van der Waals surface area contributed by atoms with Crippen molar-refractivity contribution in [2.75, 3.05) is 14.2 Å². The molecule has 0 atom stereocenters. The van der Waals surface area contributed by atoms with Gasteiger partial charge in [-0.15, -0.1) is 0 Å². The lowest BCUT2D eigenvalue weighted by Crippen LogP contribution is -2.26. The Hall–Kier alpha value is -0.710. The first-order valence-corrected chi connectivity index (χ1v) is 6.88. The normalized spacial score (nSPS) is 11.8. The van der Waals surface area contributed by atoms with Gasteiger partial charge in [-0.3, -0.25) is 4.84 Å². The summed E-state index contributed by atoms with van der Waals surface area (Å²) in [7, 11) is -1.38. The van der Waals surface area contributed by atoms with Crippen molar-refractivity contribution in [3.63, 3.8) is 0 Å². The molecule has 0 saturated carbocycles. The predicted molar refractivity (Wildman–Crippen MR) is 68.1 cm³/mol. The van der Waals surface area contributed by atoms with E-state index in [2.05, 4.69) is 4.84 Å². The van der Waals surface area contributed by atoms with Gasteiger partial charge in [0.2, 0.25) is 0 Å². The molecule has 0 aliphatic rings. The molecular weight excluding hydrogens is 361 g/mol. The summed E-state index contributed by atoms with van der Waals surface area (Å²) in [5.41, 5.74) is -0.0591. The number of hydrogen-bond donors (Lipinski definition) is 1. The Morgan fingerprint density at radius 1 is 1.47 bits per heavy atom. The van der Waals surface area contributed by atoms with Crippen LogP contribution in [0.25, 0.3) is 0 Å². The zero-order valence-electron chi connectivity index (χ0n) is 9.05. The van der Waals surface area contributed by atoms with Crippen molar-refractivity contribution < 1.29 is 23.2 Å². The number of rotatable bonds is 4. The number of sulfonamides is 1. The fraction of sp³-hybridized carbons (Fsp3) is 0.222. The van der Waals surface area contributed by atoms with Gasteiger partial charge in [-0.2, -0.15) is 0 Å². The third kappa shape index (κ3) is 2.94. The molecular formula is C9H10INO5S. The van der Waals surface area contributed by atoms with Crippen molar-refractivity contribution in [3.8, 4) is 0 Å². The molecule has 0 heterocycles. The van der Waals surface area contributed by atoms with Crippen molar-refractivity contribution in [2.45, 2.75) is 4.90 Å². The van der Waals surface area contributed by atoms with Crippen LogP contribution in [0.15, 0.2) is 23.1 Å². The van der Waals surface area contributed by atoms with Crippen LogP contribution in [0.1, 0.15) is 10.4 Å². The maximum atomic E-state index is 11.9. The summed E-state index contributed by atoms with van der Waals surface area (Å²) in [6.07, 6.45) is 0. The quantitative estimate of drug-likeness (QED) is 0.635. The monoisotopic (exact) mass is 371 g/mol. The zero-order chi connectivity index (χ0) is 13.2. The minimum absolute atomic E-state index is 0.0591. The maximum Gasteiger partial charge on any atom is 0.336 e. The number of nitrogens with zero attached hydrogens (tertiary/aromatic N) is 1. The number of aromatic carboxylic acids is 1. The lowest BCUT2D eigenvalue weighted by molar-refractivity contribution is -0.0258. The zero-order valence-corrected chi connectivity index (χ0v) is 12.0. The molecule has 0 fully saturated rings. The van der Waals surface area contributed by atoms with E-state index in [1.54, 1.807) is 0 Å². The number of benzene rings is 1. The van der Waals surface area contributed by atoms with Crippen LogP contribution in [0.5, 0.6) is 0 Å². The van der Waals surface area contributed by atoms with Gasteiger partial charge in [-0.1, -0.05) is 4.47 Å². The third-order valence-electron chi connectivity index (χ3n) is 2.06. The summed E-state index contributed by atoms with van der Waals surface area (Å²) in [5, 5.41) is 8.91. The minimum Gasteiger partial charge on any atom is -0.478 e. The lowest BCUT2D eigenvalue weighted by atomic mass is 10.2. The highest BCUT2D eigenvalue weighted by molar-refractivity contribution is 14.1. The predicted octanol–water partition coefficient (Wildman–Crippen LogP) is 1.17. The Bertz CT molecular complexity index is 542. The van der Waals surface area contributed by atoms with E-state index < -0.39 is 16.0 Å². The lowest BCUT2D eigenvalue weighted by Gasteiger charge is -2.14. The van der Waals surface area contributed by atoms with Crippen LogP contribution in [0, 0.1) is 3.57 Å². The Labute approximate surface area is 112 Å². The van der Waals surface area contributed by atoms with E-state index in [0.29, 0.717) is 8.04 Å². The van der Waals surface area contributed by atoms with Gasteiger partial charge >= 0.3 is 5.97 Å². The van der Waals surface area contributed by atoms with Gasteiger partial charge in [-0.25, -0.2) is 13.2 Å². The summed E-state index contributed by atoms with van der Waals surface area (Å²) in [6, 6.07) is 3.87. The van der Waals surface area contributed by atoms with Crippen LogP contribution in [0.2, 0.25) is 0 Å². The van der Waals surface area contributed by atoms with E-state index in [1.807, 2.05) is 22.6 Å². The van der Waals surface area contributed by atoms with E-state index in [0.717, 1.165) is 6.07 Å². The van der Waals surface area contributed by atoms with Crippen LogP contribution >= 0.6 is 22.6 Å². The highest BCUT2D eigenvalue weighted by Gasteiger charge is 2.22. The Balaban J connectivity index is 3.35. The fourth-order valence-electron chi connectivity index (χ4n) is 1.08. The SMILES string of the molecule is CON(C)S(=O)(=O)c1ccc(I)c(C(=O)O)c1. The van der Waals surface area contributed by atoms with Crippen molar-refractivity contribution >= 4 is 38.6 Å². The molecule has 0 aliphatic heterocycles. The smallest absolute Gasteiger partial charge is 0.336 e. The van der Waals surface area contributed by atoms with Crippen molar-refractivity contribution in [3.05, 3.63) is 27.3 Å². The Kier molecular flexibility index (Phi) is 4.47. The maximum absolute atomic E-state index is 11.9. The number of hydroxylamine groups is 1. The number of carboxylic acids is 1. The Morgan fingerprint density at radius 3 is 2.53 bits per heavy atom.